The molecule has 0 fully saturated rings. The lowest BCUT2D eigenvalue weighted by Gasteiger charge is -2.06. The Balaban J connectivity index is 1.76. The highest BCUT2D eigenvalue weighted by atomic mass is 35.5. The number of aromatic nitrogens is 2. The highest BCUT2D eigenvalue weighted by Crippen LogP contribution is 2.15. The smallest absolute Gasteiger partial charge is 0.253 e. The third kappa shape index (κ3) is 2.51. The first-order valence-electron chi connectivity index (χ1n) is 6.19. The predicted molar refractivity (Wildman–Crippen MR) is 78.7 cm³/mol. The number of nitrogens with one attached hydrogen (secondary N) is 2. The van der Waals surface area contributed by atoms with E-state index < -0.39 is 0 Å². The molecule has 0 aliphatic heterocycles. The number of rotatable bonds is 3. The molecule has 0 saturated heterocycles. The van der Waals surface area contributed by atoms with Crippen LogP contribution in [0.4, 0.5) is 0 Å². The number of carbonyl (C=O) groups is 1. The highest BCUT2D eigenvalue weighted by molar-refractivity contribution is 6.30. The average Bonchev–Trinajstić information content (AvgIpc) is 2.94. The van der Waals surface area contributed by atoms with E-state index in [-0.39, 0.29) is 5.91 Å². The number of para-hydroxylation sites is 1. The van der Waals surface area contributed by atoms with Crippen LogP contribution in [0.1, 0.15) is 15.9 Å². The third-order valence-corrected chi connectivity index (χ3v) is 3.31. The molecule has 0 aliphatic carbocycles. The topological polar surface area (TPSA) is 57.8 Å². The molecule has 1 aromatic heterocycles. The summed E-state index contributed by atoms with van der Waals surface area (Å²) in [6, 6.07) is 12.9. The van der Waals surface area contributed by atoms with Gasteiger partial charge in [-0.25, -0.2) is 4.98 Å². The van der Waals surface area contributed by atoms with Crippen LogP contribution in [-0.4, -0.2) is 15.9 Å². The van der Waals surface area contributed by atoms with Crippen molar-refractivity contribution in [3.8, 4) is 0 Å². The molecule has 5 heteroatoms. The van der Waals surface area contributed by atoms with Crippen molar-refractivity contribution < 1.29 is 4.79 Å². The highest BCUT2D eigenvalue weighted by Gasteiger charge is 2.11. The molecule has 4 nitrogen and oxygen atoms in total. The van der Waals surface area contributed by atoms with E-state index in [2.05, 4.69) is 15.3 Å². The largest absolute Gasteiger partial charge is 0.348 e. The van der Waals surface area contributed by atoms with Gasteiger partial charge in [0.25, 0.3) is 5.91 Å². The van der Waals surface area contributed by atoms with E-state index in [1.807, 2.05) is 24.3 Å². The minimum Gasteiger partial charge on any atom is -0.348 e. The van der Waals surface area contributed by atoms with Gasteiger partial charge in [-0.2, -0.15) is 0 Å². The summed E-state index contributed by atoms with van der Waals surface area (Å²) in [4.78, 5) is 19.4. The maximum absolute atomic E-state index is 12.2. The lowest BCUT2D eigenvalue weighted by Crippen LogP contribution is -2.23. The van der Waals surface area contributed by atoms with E-state index in [1.165, 1.54) is 0 Å². The zero-order valence-electron chi connectivity index (χ0n) is 10.6. The summed E-state index contributed by atoms with van der Waals surface area (Å²) in [5, 5.41) is 3.56. The molecule has 0 radical (unpaired) electrons. The summed E-state index contributed by atoms with van der Waals surface area (Å²) in [7, 11) is 0. The van der Waals surface area contributed by atoms with E-state index in [4.69, 9.17) is 11.6 Å². The average molecular weight is 286 g/mol. The summed E-state index contributed by atoms with van der Waals surface area (Å²) in [5.74, 6) is -0.141. The standard InChI is InChI=1S/C15H12ClN3O/c16-11-6-4-10(5-7-11)8-17-15(20)12-2-1-3-13-14(12)19-9-18-13/h1-7,9H,8H2,(H,17,20)(H,18,19). The number of benzene rings is 2. The van der Waals surface area contributed by atoms with Crippen molar-refractivity contribution >= 4 is 28.5 Å². The van der Waals surface area contributed by atoms with Gasteiger partial charge in [0.15, 0.2) is 0 Å². The van der Waals surface area contributed by atoms with Crippen LogP contribution in [-0.2, 0) is 6.54 Å². The van der Waals surface area contributed by atoms with Crippen molar-refractivity contribution in [3.05, 3.63) is 64.9 Å². The van der Waals surface area contributed by atoms with E-state index >= 15 is 0 Å². The first-order chi connectivity index (χ1) is 9.74. The fourth-order valence-corrected chi connectivity index (χ4v) is 2.15. The van der Waals surface area contributed by atoms with Crippen LogP contribution in [0.5, 0.6) is 0 Å². The third-order valence-electron chi connectivity index (χ3n) is 3.06. The summed E-state index contributed by atoms with van der Waals surface area (Å²) >= 11 is 5.82. The van der Waals surface area contributed by atoms with Gasteiger partial charge >= 0.3 is 0 Å². The van der Waals surface area contributed by atoms with Crippen LogP contribution in [0.2, 0.25) is 5.02 Å². The van der Waals surface area contributed by atoms with Gasteiger partial charge in [0.05, 0.1) is 17.4 Å². The number of imidazole rings is 1. The second-order valence-electron chi connectivity index (χ2n) is 4.41. The van der Waals surface area contributed by atoms with Gasteiger partial charge in [0, 0.05) is 11.6 Å². The SMILES string of the molecule is O=C(NCc1ccc(Cl)cc1)c1cccc2[nH]cnc12. The Kier molecular flexibility index (Phi) is 3.39. The molecule has 0 spiro atoms. The van der Waals surface area contributed by atoms with E-state index in [1.54, 1.807) is 24.5 Å². The molecule has 0 bridgehead atoms. The first-order valence-corrected chi connectivity index (χ1v) is 6.56. The number of aromatic amines is 1. The molecule has 3 aromatic rings. The molecule has 1 amide bonds. The van der Waals surface area contributed by atoms with Crippen molar-refractivity contribution in [3.63, 3.8) is 0 Å². The fraction of sp³-hybridized carbons (Fsp3) is 0.0667. The number of amides is 1. The Bertz CT molecular complexity index is 749. The van der Waals surface area contributed by atoms with Gasteiger partial charge in [-0.15, -0.1) is 0 Å². The Labute approximate surface area is 120 Å². The lowest BCUT2D eigenvalue weighted by molar-refractivity contribution is 0.0952. The minimum absolute atomic E-state index is 0.141. The summed E-state index contributed by atoms with van der Waals surface area (Å²) < 4.78 is 0. The Morgan fingerprint density at radius 2 is 2.00 bits per heavy atom. The number of fused-ring (bicyclic) bond motifs is 1. The molecule has 100 valence electrons. The fourth-order valence-electron chi connectivity index (χ4n) is 2.03. The van der Waals surface area contributed by atoms with Crippen LogP contribution < -0.4 is 5.32 Å². The minimum atomic E-state index is -0.141. The van der Waals surface area contributed by atoms with Crippen LogP contribution in [0.25, 0.3) is 11.0 Å². The number of halogens is 1. The normalized spacial score (nSPS) is 10.7. The quantitative estimate of drug-likeness (QED) is 0.777. The maximum Gasteiger partial charge on any atom is 0.253 e. The summed E-state index contributed by atoms with van der Waals surface area (Å²) in [6.45, 7) is 0.455. The molecule has 2 N–H and O–H groups in total. The van der Waals surface area contributed by atoms with Crippen molar-refractivity contribution in [2.24, 2.45) is 0 Å². The van der Waals surface area contributed by atoms with E-state index in [0.717, 1.165) is 11.1 Å². The number of H-pyrrole nitrogens is 1. The van der Waals surface area contributed by atoms with Gasteiger partial charge in [-0.3, -0.25) is 4.79 Å². The Morgan fingerprint density at radius 1 is 1.20 bits per heavy atom. The number of hydrogen-bond acceptors (Lipinski definition) is 2. The van der Waals surface area contributed by atoms with Crippen molar-refractivity contribution in [2.45, 2.75) is 6.54 Å². The molecule has 3 rings (SSSR count). The molecule has 20 heavy (non-hydrogen) atoms. The number of nitrogens with zero attached hydrogens (tertiary/aromatic N) is 1. The van der Waals surface area contributed by atoms with Crippen LogP contribution >= 0.6 is 11.6 Å². The zero-order chi connectivity index (χ0) is 13.9. The molecule has 0 atom stereocenters. The van der Waals surface area contributed by atoms with Crippen molar-refractivity contribution in [1.29, 1.82) is 0 Å². The maximum atomic E-state index is 12.2. The van der Waals surface area contributed by atoms with Crippen LogP contribution in [0.3, 0.4) is 0 Å². The van der Waals surface area contributed by atoms with Crippen LogP contribution in [0, 0.1) is 0 Å². The van der Waals surface area contributed by atoms with Crippen LogP contribution in [0.15, 0.2) is 48.8 Å². The molecule has 1 heterocycles. The van der Waals surface area contributed by atoms with E-state index in [9.17, 15) is 4.79 Å². The molecular weight excluding hydrogens is 274 g/mol. The second-order valence-corrected chi connectivity index (χ2v) is 4.85. The predicted octanol–water partition coefficient (Wildman–Crippen LogP) is 3.15. The first kappa shape index (κ1) is 12.7. The molecule has 2 aromatic carbocycles. The number of carbonyl (C=O) groups excluding carboxylic acids is 1. The summed E-state index contributed by atoms with van der Waals surface area (Å²) in [6.07, 6.45) is 1.58. The monoisotopic (exact) mass is 285 g/mol. The van der Waals surface area contributed by atoms with Crippen molar-refractivity contribution in [2.75, 3.05) is 0 Å². The van der Waals surface area contributed by atoms with Gasteiger partial charge in [0.2, 0.25) is 0 Å². The second kappa shape index (κ2) is 5.35. The molecule has 0 unspecified atom stereocenters. The number of hydrogen-bond donors (Lipinski definition) is 2. The van der Waals surface area contributed by atoms with Gasteiger partial charge < -0.3 is 10.3 Å². The van der Waals surface area contributed by atoms with E-state index in [0.29, 0.717) is 22.6 Å². The molecular formula is C15H12ClN3O. The van der Waals surface area contributed by atoms with Gasteiger partial charge in [-0.1, -0.05) is 29.8 Å². The zero-order valence-corrected chi connectivity index (χ0v) is 11.3. The Hall–Kier alpha value is -2.33. The lowest BCUT2D eigenvalue weighted by atomic mass is 10.1. The van der Waals surface area contributed by atoms with Gasteiger partial charge in [-0.05, 0) is 29.8 Å². The molecule has 0 saturated carbocycles. The van der Waals surface area contributed by atoms with Gasteiger partial charge in [0.1, 0.15) is 5.52 Å². The summed E-state index contributed by atoms with van der Waals surface area (Å²) in [5.41, 5.74) is 3.10. The Morgan fingerprint density at radius 3 is 2.80 bits per heavy atom. The molecule has 0 aliphatic rings. The van der Waals surface area contributed by atoms with Crippen molar-refractivity contribution in [1.82, 2.24) is 15.3 Å².